The minimum Gasteiger partial charge on any atom is -0.338 e. The van der Waals surface area contributed by atoms with Gasteiger partial charge in [-0.2, -0.15) is 0 Å². The summed E-state index contributed by atoms with van der Waals surface area (Å²) in [4.78, 5) is 12.2. The molecule has 0 fully saturated rings. The Balaban J connectivity index is 1.78. The van der Waals surface area contributed by atoms with E-state index in [-0.39, 0.29) is 22.3 Å². The number of rotatable bonds is 3. The predicted molar refractivity (Wildman–Crippen MR) is 86.3 cm³/mol. The highest BCUT2D eigenvalue weighted by atomic mass is 35.5. The van der Waals surface area contributed by atoms with Crippen molar-refractivity contribution in [1.29, 1.82) is 0 Å². The molecule has 2 aromatic carbocycles. The van der Waals surface area contributed by atoms with Crippen molar-refractivity contribution in [2.75, 3.05) is 5.32 Å². The quantitative estimate of drug-likeness (QED) is 0.719. The second-order valence-corrected chi connectivity index (χ2v) is 5.51. The Morgan fingerprint density at radius 2 is 1.83 bits per heavy atom. The molecule has 0 aliphatic rings. The third-order valence-corrected chi connectivity index (χ3v) is 3.61. The molecule has 0 radical (unpaired) electrons. The fourth-order valence-electron chi connectivity index (χ4n) is 1.94. The van der Waals surface area contributed by atoms with Gasteiger partial charge in [0.05, 0.1) is 10.6 Å². The Hall–Kier alpha value is -2.37. The van der Waals surface area contributed by atoms with Crippen molar-refractivity contribution < 1.29 is 13.7 Å². The zero-order chi connectivity index (χ0) is 16.4. The van der Waals surface area contributed by atoms with Gasteiger partial charge in [0.15, 0.2) is 0 Å². The lowest BCUT2D eigenvalue weighted by molar-refractivity contribution is 0.102. The number of hydrogen-bond donors (Lipinski definition) is 1. The third kappa shape index (κ3) is 3.52. The number of aromatic nitrogens is 1. The average Bonchev–Trinajstić information content (AvgIpc) is 2.96. The molecule has 0 atom stereocenters. The second-order valence-electron chi connectivity index (χ2n) is 4.66. The highest BCUT2D eigenvalue weighted by molar-refractivity contribution is 6.37. The van der Waals surface area contributed by atoms with Gasteiger partial charge in [0, 0.05) is 16.7 Å². The second kappa shape index (κ2) is 6.40. The number of amides is 1. The monoisotopic (exact) mass is 350 g/mol. The first-order valence-electron chi connectivity index (χ1n) is 6.52. The summed E-state index contributed by atoms with van der Waals surface area (Å²) in [5.41, 5.74) is 1.40. The summed E-state index contributed by atoms with van der Waals surface area (Å²) in [7, 11) is 0. The normalized spacial score (nSPS) is 10.6. The number of halogens is 3. The molecule has 0 bridgehead atoms. The van der Waals surface area contributed by atoms with Crippen molar-refractivity contribution in [3.8, 4) is 11.3 Å². The van der Waals surface area contributed by atoms with Gasteiger partial charge in [-0.15, -0.1) is 0 Å². The Morgan fingerprint density at radius 1 is 1.09 bits per heavy atom. The zero-order valence-corrected chi connectivity index (χ0v) is 13.0. The Labute approximate surface area is 140 Å². The van der Waals surface area contributed by atoms with E-state index >= 15 is 0 Å². The average molecular weight is 351 g/mol. The first kappa shape index (κ1) is 15.5. The van der Waals surface area contributed by atoms with Crippen molar-refractivity contribution in [3.63, 3.8) is 0 Å². The number of benzene rings is 2. The molecule has 0 aliphatic carbocycles. The van der Waals surface area contributed by atoms with E-state index in [1.165, 1.54) is 30.3 Å². The third-order valence-electron chi connectivity index (χ3n) is 3.06. The highest BCUT2D eigenvalue weighted by Crippen LogP contribution is 2.24. The van der Waals surface area contributed by atoms with Crippen LogP contribution < -0.4 is 5.32 Å². The zero-order valence-electron chi connectivity index (χ0n) is 11.5. The Bertz CT molecular complexity index is 863. The Kier molecular flexibility index (Phi) is 4.32. The number of carbonyl (C=O) groups is 1. The number of nitrogens with one attached hydrogen (secondary N) is 1. The lowest BCUT2D eigenvalue weighted by Gasteiger charge is -2.03. The molecule has 4 nitrogen and oxygen atoms in total. The van der Waals surface area contributed by atoms with Crippen LogP contribution in [-0.2, 0) is 0 Å². The van der Waals surface area contributed by atoms with Crippen LogP contribution in [0.5, 0.6) is 0 Å². The molecule has 1 amide bonds. The lowest BCUT2D eigenvalue weighted by atomic mass is 10.1. The van der Waals surface area contributed by atoms with Crippen LogP contribution >= 0.6 is 23.2 Å². The molecule has 116 valence electrons. The summed E-state index contributed by atoms with van der Waals surface area (Å²) in [6.45, 7) is 0. The summed E-state index contributed by atoms with van der Waals surface area (Å²) in [5.74, 6) is -0.642. The van der Waals surface area contributed by atoms with Crippen LogP contribution in [0.2, 0.25) is 10.0 Å². The summed E-state index contributed by atoms with van der Waals surface area (Å²) in [6, 6.07) is 11.8. The molecular weight excluding hydrogens is 342 g/mol. The standard InChI is InChI=1S/C16H9Cl2FN2O2/c17-10-3-6-12(13(18)7-10)16(22)20-15-8-14(21-23-15)9-1-4-11(19)5-2-9/h1-8H,(H,20,22). The van der Waals surface area contributed by atoms with Crippen LogP contribution in [0.4, 0.5) is 10.3 Å². The maximum atomic E-state index is 12.9. The van der Waals surface area contributed by atoms with E-state index in [2.05, 4.69) is 10.5 Å². The molecule has 1 aromatic heterocycles. The van der Waals surface area contributed by atoms with Crippen molar-refractivity contribution in [2.45, 2.75) is 0 Å². The molecule has 3 aromatic rings. The van der Waals surface area contributed by atoms with Crippen molar-refractivity contribution in [3.05, 3.63) is 70.0 Å². The van der Waals surface area contributed by atoms with Crippen LogP contribution in [0.25, 0.3) is 11.3 Å². The molecule has 0 unspecified atom stereocenters. The van der Waals surface area contributed by atoms with E-state index in [1.54, 1.807) is 18.2 Å². The molecule has 23 heavy (non-hydrogen) atoms. The summed E-state index contributed by atoms with van der Waals surface area (Å²) in [5, 5.41) is 7.05. The molecule has 1 N–H and O–H groups in total. The first-order valence-corrected chi connectivity index (χ1v) is 7.27. The highest BCUT2D eigenvalue weighted by Gasteiger charge is 2.14. The lowest BCUT2D eigenvalue weighted by Crippen LogP contribution is -2.11. The molecule has 7 heteroatoms. The van der Waals surface area contributed by atoms with Crippen LogP contribution in [0.1, 0.15) is 10.4 Å². The van der Waals surface area contributed by atoms with Gasteiger partial charge in [-0.05, 0) is 42.5 Å². The number of anilines is 1. The van der Waals surface area contributed by atoms with Crippen LogP contribution in [0.15, 0.2) is 53.1 Å². The molecule has 0 spiro atoms. The van der Waals surface area contributed by atoms with Crippen LogP contribution in [0.3, 0.4) is 0 Å². The van der Waals surface area contributed by atoms with Gasteiger partial charge in [0.1, 0.15) is 11.5 Å². The maximum Gasteiger partial charge on any atom is 0.259 e. The molecule has 0 saturated carbocycles. The van der Waals surface area contributed by atoms with Gasteiger partial charge < -0.3 is 4.52 Å². The SMILES string of the molecule is O=C(Nc1cc(-c2ccc(F)cc2)no1)c1ccc(Cl)cc1Cl. The minimum atomic E-state index is -0.450. The van der Waals surface area contributed by atoms with E-state index in [0.717, 1.165) is 0 Å². The van der Waals surface area contributed by atoms with E-state index in [1.807, 2.05) is 0 Å². The van der Waals surface area contributed by atoms with Crippen LogP contribution in [-0.4, -0.2) is 11.1 Å². The van der Waals surface area contributed by atoms with E-state index in [4.69, 9.17) is 27.7 Å². The van der Waals surface area contributed by atoms with E-state index in [9.17, 15) is 9.18 Å². The summed E-state index contributed by atoms with van der Waals surface area (Å²) < 4.78 is 18.0. The van der Waals surface area contributed by atoms with Crippen molar-refractivity contribution in [2.24, 2.45) is 0 Å². The fraction of sp³-hybridized carbons (Fsp3) is 0. The molecule has 3 rings (SSSR count). The molecule has 0 aliphatic heterocycles. The van der Waals surface area contributed by atoms with E-state index in [0.29, 0.717) is 16.3 Å². The molecular formula is C16H9Cl2FN2O2. The van der Waals surface area contributed by atoms with Gasteiger partial charge in [-0.1, -0.05) is 28.4 Å². The van der Waals surface area contributed by atoms with Gasteiger partial charge in [0.2, 0.25) is 5.88 Å². The predicted octanol–water partition coefficient (Wildman–Crippen LogP) is 5.04. The summed E-state index contributed by atoms with van der Waals surface area (Å²) >= 11 is 11.8. The van der Waals surface area contributed by atoms with Crippen molar-refractivity contribution >= 4 is 35.0 Å². The maximum absolute atomic E-state index is 12.9. The van der Waals surface area contributed by atoms with Gasteiger partial charge in [0.25, 0.3) is 5.91 Å². The van der Waals surface area contributed by atoms with Gasteiger partial charge in [-0.25, -0.2) is 4.39 Å². The van der Waals surface area contributed by atoms with E-state index < -0.39 is 5.91 Å². The molecule has 0 saturated heterocycles. The van der Waals surface area contributed by atoms with Gasteiger partial charge in [-0.3, -0.25) is 10.1 Å². The number of nitrogens with zero attached hydrogens (tertiary/aromatic N) is 1. The smallest absolute Gasteiger partial charge is 0.259 e. The topological polar surface area (TPSA) is 55.1 Å². The number of hydrogen-bond acceptors (Lipinski definition) is 3. The van der Waals surface area contributed by atoms with Crippen molar-refractivity contribution in [1.82, 2.24) is 5.16 Å². The Morgan fingerprint density at radius 3 is 2.52 bits per heavy atom. The molecule has 1 heterocycles. The first-order chi connectivity index (χ1) is 11.0. The van der Waals surface area contributed by atoms with Crippen LogP contribution in [0, 0.1) is 5.82 Å². The fourth-order valence-corrected chi connectivity index (χ4v) is 2.44. The largest absolute Gasteiger partial charge is 0.338 e. The minimum absolute atomic E-state index is 0.153. The summed E-state index contributed by atoms with van der Waals surface area (Å²) in [6.07, 6.45) is 0. The van der Waals surface area contributed by atoms with Gasteiger partial charge >= 0.3 is 0 Å². The number of carbonyl (C=O) groups excluding carboxylic acids is 1.